The molecule has 154 valence electrons. The van der Waals surface area contributed by atoms with Crippen LogP contribution >= 0.6 is 11.6 Å². The molecule has 0 bridgehead atoms. The average molecular weight is 414 g/mol. The highest BCUT2D eigenvalue weighted by Gasteiger charge is 2.27. The molecule has 2 amide bonds. The summed E-state index contributed by atoms with van der Waals surface area (Å²) in [6, 6.07) is 15.0. The molecule has 3 rings (SSSR count). The fourth-order valence-electron chi connectivity index (χ4n) is 3.64. The minimum Gasteiger partial charge on any atom is -0.352 e. The Morgan fingerprint density at radius 1 is 1.14 bits per heavy atom. The van der Waals surface area contributed by atoms with Crippen LogP contribution in [0.15, 0.2) is 48.5 Å². The Hall–Kier alpha value is -2.37. The first kappa shape index (κ1) is 21.3. The lowest BCUT2D eigenvalue weighted by atomic mass is 9.96. The maximum absolute atomic E-state index is 12.9. The molecule has 0 radical (unpaired) electrons. The number of carbonyl (C=O) groups excluding carboxylic acids is 2. The standard InChI is InChI=1S/C23H28ClN3O2/c1-2-13-25-23(29)19-10-4-6-12-21(19)26-22(28)18-9-7-14-27(16-18)15-17-8-3-5-11-20(17)24/h3-6,8,10-12,18H,2,7,9,13-16H2,1H3,(H,25,29)(H,26,28)/t18-/m0/s1. The van der Waals surface area contributed by atoms with Gasteiger partial charge in [0.15, 0.2) is 0 Å². The third-order valence-corrected chi connectivity index (χ3v) is 5.56. The molecule has 2 aromatic carbocycles. The number of hydrogen-bond donors (Lipinski definition) is 2. The van der Waals surface area contributed by atoms with Crippen LogP contribution in [0.25, 0.3) is 0 Å². The number of rotatable bonds is 7. The van der Waals surface area contributed by atoms with Gasteiger partial charge in [0.05, 0.1) is 17.2 Å². The second kappa shape index (κ2) is 10.4. The van der Waals surface area contributed by atoms with Crippen molar-refractivity contribution in [2.75, 3.05) is 25.0 Å². The highest BCUT2D eigenvalue weighted by Crippen LogP contribution is 2.24. The Labute approximate surface area is 177 Å². The van der Waals surface area contributed by atoms with Crippen molar-refractivity contribution < 1.29 is 9.59 Å². The number of hydrogen-bond acceptors (Lipinski definition) is 3. The molecule has 2 N–H and O–H groups in total. The summed E-state index contributed by atoms with van der Waals surface area (Å²) in [7, 11) is 0. The van der Waals surface area contributed by atoms with E-state index >= 15 is 0 Å². The third-order valence-electron chi connectivity index (χ3n) is 5.19. The van der Waals surface area contributed by atoms with E-state index in [1.54, 1.807) is 12.1 Å². The summed E-state index contributed by atoms with van der Waals surface area (Å²) in [6.07, 6.45) is 2.67. The number of carbonyl (C=O) groups is 2. The van der Waals surface area contributed by atoms with Crippen molar-refractivity contribution in [1.29, 1.82) is 0 Å². The van der Waals surface area contributed by atoms with Crippen LogP contribution in [0.4, 0.5) is 5.69 Å². The van der Waals surface area contributed by atoms with Crippen molar-refractivity contribution >= 4 is 29.1 Å². The lowest BCUT2D eigenvalue weighted by Gasteiger charge is -2.32. The van der Waals surface area contributed by atoms with Gasteiger partial charge in [-0.1, -0.05) is 48.9 Å². The smallest absolute Gasteiger partial charge is 0.253 e. The SMILES string of the molecule is CCCNC(=O)c1ccccc1NC(=O)[C@H]1CCCN(Cc2ccccc2Cl)C1. The summed E-state index contributed by atoms with van der Waals surface area (Å²) < 4.78 is 0. The quantitative estimate of drug-likeness (QED) is 0.710. The molecule has 1 aliphatic heterocycles. The maximum atomic E-state index is 12.9. The summed E-state index contributed by atoms with van der Waals surface area (Å²) >= 11 is 6.29. The van der Waals surface area contributed by atoms with Crippen LogP contribution in [0.2, 0.25) is 5.02 Å². The van der Waals surface area contributed by atoms with Gasteiger partial charge in [0.2, 0.25) is 5.91 Å². The number of anilines is 1. The first-order chi connectivity index (χ1) is 14.1. The highest BCUT2D eigenvalue weighted by atomic mass is 35.5. The van der Waals surface area contributed by atoms with E-state index in [-0.39, 0.29) is 17.7 Å². The summed E-state index contributed by atoms with van der Waals surface area (Å²) in [6.45, 7) is 4.98. The van der Waals surface area contributed by atoms with E-state index in [0.29, 0.717) is 24.3 Å². The molecular formula is C23H28ClN3O2. The minimum atomic E-state index is -0.160. The van der Waals surface area contributed by atoms with Crippen LogP contribution < -0.4 is 10.6 Å². The number of benzene rings is 2. The largest absolute Gasteiger partial charge is 0.352 e. The lowest BCUT2D eigenvalue weighted by Crippen LogP contribution is -2.40. The molecule has 29 heavy (non-hydrogen) atoms. The summed E-state index contributed by atoms with van der Waals surface area (Å²) in [5.74, 6) is -0.311. The van der Waals surface area contributed by atoms with Gasteiger partial charge in [0, 0.05) is 24.7 Å². The van der Waals surface area contributed by atoms with Crippen molar-refractivity contribution in [2.24, 2.45) is 5.92 Å². The minimum absolute atomic E-state index is 0.0374. The second-order valence-corrected chi connectivity index (χ2v) is 7.86. The van der Waals surface area contributed by atoms with Crippen LogP contribution in [0, 0.1) is 5.92 Å². The van der Waals surface area contributed by atoms with Crippen molar-refractivity contribution in [2.45, 2.75) is 32.7 Å². The number of amides is 2. The fourth-order valence-corrected chi connectivity index (χ4v) is 3.83. The van der Waals surface area contributed by atoms with E-state index in [9.17, 15) is 9.59 Å². The molecule has 0 spiro atoms. The number of para-hydroxylation sites is 1. The predicted octanol–water partition coefficient (Wildman–Crippen LogP) is 4.33. The molecule has 1 fully saturated rings. The van der Waals surface area contributed by atoms with Crippen molar-refractivity contribution in [1.82, 2.24) is 10.2 Å². The number of halogens is 1. The van der Waals surface area contributed by atoms with E-state index in [4.69, 9.17) is 11.6 Å². The number of nitrogens with zero attached hydrogens (tertiary/aromatic N) is 1. The molecule has 0 aliphatic carbocycles. The van der Waals surface area contributed by atoms with Crippen LogP contribution in [0.3, 0.4) is 0 Å². The number of nitrogens with one attached hydrogen (secondary N) is 2. The van der Waals surface area contributed by atoms with Crippen molar-refractivity contribution in [3.63, 3.8) is 0 Å². The zero-order chi connectivity index (χ0) is 20.6. The Morgan fingerprint density at radius 2 is 1.90 bits per heavy atom. The monoisotopic (exact) mass is 413 g/mol. The number of piperidine rings is 1. The van der Waals surface area contributed by atoms with Crippen molar-refractivity contribution in [3.05, 3.63) is 64.7 Å². The number of likely N-dealkylation sites (tertiary alicyclic amines) is 1. The maximum Gasteiger partial charge on any atom is 0.253 e. The fraction of sp³-hybridized carbons (Fsp3) is 0.391. The van der Waals surface area contributed by atoms with Crippen molar-refractivity contribution in [3.8, 4) is 0 Å². The third kappa shape index (κ3) is 5.81. The average Bonchev–Trinajstić information content (AvgIpc) is 2.74. The zero-order valence-electron chi connectivity index (χ0n) is 16.8. The molecule has 6 heteroatoms. The molecule has 1 atom stereocenters. The molecule has 0 unspecified atom stereocenters. The second-order valence-electron chi connectivity index (χ2n) is 7.46. The van der Waals surface area contributed by atoms with Gasteiger partial charge in [0.1, 0.15) is 0 Å². The van der Waals surface area contributed by atoms with E-state index < -0.39 is 0 Å². The van der Waals surface area contributed by atoms with E-state index in [1.165, 1.54) is 0 Å². The Morgan fingerprint density at radius 3 is 2.69 bits per heavy atom. The van der Waals surface area contributed by atoms with Crippen LogP contribution in [-0.4, -0.2) is 36.3 Å². The molecule has 1 heterocycles. The molecule has 0 aromatic heterocycles. The summed E-state index contributed by atoms with van der Waals surface area (Å²) in [5.41, 5.74) is 2.14. The van der Waals surface area contributed by atoms with E-state index in [0.717, 1.165) is 42.9 Å². The van der Waals surface area contributed by atoms with Gasteiger partial charge in [0.25, 0.3) is 5.91 Å². The molecular weight excluding hydrogens is 386 g/mol. The van der Waals surface area contributed by atoms with Gasteiger partial charge >= 0.3 is 0 Å². The molecule has 1 aliphatic rings. The summed E-state index contributed by atoms with van der Waals surface area (Å²) in [5, 5.41) is 6.61. The van der Waals surface area contributed by atoms with Crippen LogP contribution in [0.5, 0.6) is 0 Å². The van der Waals surface area contributed by atoms with Gasteiger partial charge in [-0.3, -0.25) is 14.5 Å². The lowest BCUT2D eigenvalue weighted by molar-refractivity contribution is -0.121. The van der Waals surface area contributed by atoms with Gasteiger partial charge in [-0.25, -0.2) is 0 Å². The summed E-state index contributed by atoms with van der Waals surface area (Å²) in [4.78, 5) is 27.6. The Kier molecular flexibility index (Phi) is 7.67. The van der Waals surface area contributed by atoms with Gasteiger partial charge in [-0.15, -0.1) is 0 Å². The van der Waals surface area contributed by atoms with Gasteiger partial charge in [-0.2, -0.15) is 0 Å². The topological polar surface area (TPSA) is 61.4 Å². The normalized spacial score (nSPS) is 17.0. The van der Waals surface area contributed by atoms with E-state index in [1.807, 2.05) is 43.3 Å². The molecule has 1 saturated heterocycles. The Balaban J connectivity index is 1.64. The molecule has 0 saturated carbocycles. The van der Waals surface area contributed by atoms with Gasteiger partial charge in [-0.05, 0) is 49.6 Å². The zero-order valence-corrected chi connectivity index (χ0v) is 17.5. The van der Waals surface area contributed by atoms with Crippen LogP contribution in [0.1, 0.15) is 42.1 Å². The highest BCUT2D eigenvalue weighted by molar-refractivity contribution is 6.31. The Bertz CT molecular complexity index is 856. The predicted molar refractivity (Wildman–Crippen MR) is 117 cm³/mol. The molecule has 5 nitrogen and oxygen atoms in total. The first-order valence-electron chi connectivity index (χ1n) is 10.2. The first-order valence-corrected chi connectivity index (χ1v) is 10.6. The molecule has 2 aromatic rings. The van der Waals surface area contributed by atoms with E-state index in [2.05, 4.69) is 15.5 Å². The van der Waals surface area contributed by atoms with Gasteiger partial charge < -0.3 is 10.6 Å². The van der Waals surface area contributed by atoms with Crippen LogP contribution in [-0.2, 0) is 11.3 Å².